The number of rotatable bonds is 5. The van der Waals surface area contributed by atoms with Crippen LogP contribution in [0.3, 0.4) is 0 Å². The van der Waals surface area contributed by atoms with Crippen LogP contribution in [0.15, 0.2) is 24.3 Å². The number of halogens is 2. The SMILES string of the molecule is Cc1cc(C)c(C2C(=O)CC(CCNC(=O)c3cc(Cl)nc(Cl)c3)C2=O)c(C)c1. The predicted molar refractivity (Wildman–Crippen MR) is 113 cm³/mol. The molecule has 2 unspecified atom stereocenters. The zero-order valence-electron chi connectivity index (χ0n) is 16.5. The fourth-order valence-electron chi connectivity index (χ4n) is 4.11. The Hall–Kier alpha value is -2.24. The summed E-state index contributed by atoms with van der Waals surface area (Å²) in [6, 6.07) is 6.85. The van der Waals surface area contributed by atoms with Gasteiger partial charge < -0.3 is 5.32 Å². The van der Waals surface area contributed by atoms with Crippen molar-refractivity contribution in [2.24, 2.45) is 5.92 Å². The standard InChI is InChI=1S/C22H22Cl2N2O3/c1-11-6-12(2)19(13(3)7-11)20-16(27)8-14(21(20)28)4-5-25-22(29)15-9-17(23)26-18(24)10-15/h6-7,9-10,14,20H,4-5,8H2,1-3H3,(H,25,29). The van der Waals surface area contributed by atoms with Crippen LogP contribution in [0.25, 0.3) is 0 Å². The molecule has 1 N–H and O–H groups in total. The molecule has 2 aromatic rings. The Balaban J connectivity index is 1.66. The van der Waals surface area contributed by atoms with Crippen molar-refractivity contribution >= 4 is 40.7 Å². The first kappa shape index (κ1) is 21.5. The van der Waals surface area contributed by atoms with Gasteiger partial charge in [0.2, 0.25) is 0 Å². The maximum atomic E-state index is 13.0. The van der Waals surface area contributed by atoms with Gasteiger partial charge in [0.1, 0.15) is 22.0 Å². The topological polar surface area (TPSA) is 76.1 Å². The molecule has 0 bridgehead atoms. The molecule has 1 aromatic carbocycles. The molecule has 0 aliphatic heterocycles. The highest BCUT2D eigenvalue weighted by Crippen LogP contribution is 2.37. The third kappa shape index (κ3) is 4.68. The van der Waals surface area contributed by atoms with E-state index in [-0.39, 0.29) is 40.7 Å². The van der Waals surface area contributed by atoms with Gasteiger partial charge in [-0.25, -0.2) is 4.98 Å². The number of hydrogen-bond acceptors (Lipinski definition) is 4. The van der Waals surface area contributed by atoms with Crippen LogP contribution in [0.5, 0.6) is 0 Å². The van der Waals surface area contributed by atoms with Crippen molar-refractivity contribution in [3.63, 3.8) is 0 Å². The summed E-state index contributed by atoms with van der Waals surface area (Å²) in [5.41, 5.74) is 4.17. The van der Waals surface area contributed by atoms with Gasteiger partial charge in [0.15, 0.2) is 5.78 Å². The van der Waals surface area contributed by atoms with E-state index in [1.54, 1.807) is 0 Å². The van der Waals surface area contributed by atoms with E-state index in [2.05, 4.69) is 10.3 Å². The van der Waals surface area contributed by atoms with Gasteiger partial charge in [-0.05, 0) is 56.0 Å². The van der Waals surface area contributed by atoms with Crippen LogP contribution in [0.2, 0.25) is 10.3 Å². The molecule has 1 saturated carbocycles. The Morgan fingerprint density at radius 3 is 2.24 bits per heavy atom. The van der Waals surface area contributed by atoms with Crippen LogP contribution >= 0.6 is 23.2 Å². The Bertz CT molecular complexity index is 960. The number of carbonyl (C=O) groups is 3. The van der Waals surface area contributed by atoms with Gasteiger partial charge >= 0.3 is 0 Å². The lowest BCUT2D eigenvalue weighted by Crippen LogP contribution is -2.27. The Labute approximate surface area is 179 Å². The smallest absolute Gasteiger partial charge is 0.251 e. The molecule has 29 heavy (non-hydrogen) atoms. The summed E-state index contributed by atoms with van der Waals surface area (Å²) < 4.78 is 0. The molecule has 3 rings (SSSR count). The van der Waals surface area contributed by atoms with E-state index in [0.717, 1.165) is 22.3 Å². The lowest BCUT2D eigenvalue weighted by Gasteiger charge is -2.16. The second kappa shape index (κ2) is 8.64. The summed E-state index contributed by atoms with van der Waals surface area (Å²) in [5, 5.41) is 3.01. The molecule has 1 fully saturated rings. The number of ketones is 2. The van der Waals surface area contributed by atoms with Crippen molar-refractivity contribution in [1.29, 1.82) is 0 Å². The van der Waals surface area contributed by atoms with Crippen LogP contribution in [0, 0.1) is 26.7 Å². The fourth-order valence-corrected chi connectivity index (χ4v) is 4.57. The second-order valence-electron chi connectivity index (χ2n) is 7.56. The van der Waals surface area contributed by atoms with Crippen molar-refractivity contribution in [2.75, 3.05) is 6.54 Å². The van der Waals surface area contributed by atoms with Crippen LogP contribution in [-0.2, 0) is 9.59 Å². The van der Waals surface area contributed by atoms with E-state index in [4.69, 9.17) is 23.2 Å². The molecule has 7 heteroatoms. The number of nitrogens with zero attached hydrogens (tertiary/aromatic N) is 1. The van der Waals surface area contributed by atoms with Crippen molar-refractivity contribution in [3.8, 4) is 0 Å². The molecule has 0 saturated heterocycles. The first-order valence-corrected chi connectivity index (χ1v) is 10.2. The summed E-state index contributed by atoms with van der Waals surface area (Å²) in [4.78, 5) is 41.7. The highest BCUT2D eigenvalue weighted by atomic mass is 35.5. The molecule has 0 radical (unpaired) electrons. The summed E-state index contributed by atoms with van der Waals surface area (Å²) >= 11 is 11.6. The van der Waals surface area contributed by atoms with E-state index in [9.17, 15) is 14.4 Å². The van der Waals surface area contributed by atoms with E-state index in [1.165, 1.54) is 12.1 Å². The molecular formula is C22H22Cl2N2O3. The molecule has 0 spiro atoms. The van der Waals surface area contributed by atoms with Gasteiger partial charge in [-0.1, -0.05) is 40.9 Å². The number of benzene rings is 1. The van der Waals surface area contributed by atoms with Crippen LogP contribution < -0.4 is 5.32 Å². The van der Waals surface area contributed by atoms with Crippen molar-refractivity contribution < 1.29 is 14.4 Å². The quantitative estimate of drug-likeness (QED) is 0.561. The molecule has 1 heterocycles. The zero-order chi connectivity index (χ0) is 21.3. The minimum Gasteiger partial charge on any atom is -0.352 e. The highest BCUT2D eigenvalue weighted by molar-refractivity contribution is 6.33. The summed E-state index contributed by atoms with van der Waals surface area (Å²) in [6.07, 6.45) is 0.613. The van der Waals surface area contributed by atoms with Crippen LogP contribution in [0.4, 0.5) is 0 Å². The lowest BCUT2D eigenvalue weighted by molar-refractivity contribution is -0.124. The Morgan fingerprint density at radius 2 is 1.66 bits per heavy atom. The predicted octanol–water partition coefficient (Wildman–Crippen LogP) is 4.38. The molecule has 1 aliphatic rings. The average Bonchev–Trinajstić information content (AvgIpc) is 2.88. The Morgan fingerprint density at radius 1 is 1.07 bits per heavy atom. The lowest BCUT2D eigenvalue weighted by atomic mass is 9.86. The van der Waals surface area contributed by atoms with Crippen LogP contribution in [-0.4, -0.2) is 29.0 Å². The average molecular weight is 433 g/mol. The third-order valence-corrected chi connectivity index (χ3v) is 5.67. The molecular weight excluding hydrogens is 411 g/mol. The van der Waals surface area contributed by atoms with E-state index >= 15 is 0 Å². The minimum absolute atomic E-state index is 0.0472. The monoisotopic (exact) mass is 432 g/mol. The van der Waals surface area contributed by atoms with Crippen molar-refractivity contribution in [3.05, 3.63) is 62.4 Å². The molecule has 1 aromatic heterocycles. The Kier molecular flexibility index (Phi) is 6.39. The van der Waals surface area contributed by atoms with Gasteiger partial charge in [0, 0.05) is 24.4 Å². The number of aromatic nitrogens is 1. The fraction of sp³-hybridized carbons (Fsp3) is 0.364. The van der Waals surface area contributed by atoms with Gasteiger partial charge in [0.05, 0.1) is 0 Å². The van der Waals surface area contributed by atoms with E-state index in [1.807, 2.05) is 32.9 Å². The first-order valence-electron chi connectivity index (χ1n) is 9.43. The summed E-state index contributed by atoms with van der Waals surface area (Å²) in [7, 11) is 0. The number of Topliss-reactive ketones (excluding diaryl/α,β-unsaturated/α-hetero) is 2. The third-order valence-electron chi connectivity index (χ3n) is 5.29. The number of hydrogen-bond donors (Lipinski definition) is 1. The van der Waals surface area contributed by atoms with Gasteiger partial charge in [0.25, 0.3) is 5.91 Å². The van der Waals surface area contributed by atoms with Crippen molar-refractivity contribution in [2.45, 2.75) is 39.5 Å². The first-order chi connectivity index (χ1) is 13.7. The van der Waals surface area contributed by atoms with Gasteiger partial charge in [-0.3, -0.25) is 14.4 Å². The maximum Gasteiger partial charge on any atom is 0.251 e. The largest absolute Gasteiger partial charge is 0.352 e. The normalized spacial score (nSPS) is 18.9. The van der Waals surface area contributed by atoms with E-state index < -0.39 is 11.8 Å². The van der Waals surface area contributed by atoms with Gasteiger partial charge in [-0.2, -0.15) is 0 Å². The number of amides is 1. The molecule has 152 valence electrons. The number of carbonyl (C=O) groups excluding carboxylic acids is 3. The van der Waals surface area contributed by atoms with Crippen LogP contribution in [0.1, 0.15) is 51.4 Å². The number of nitrogens with one attached hydrogen (secondary N) is 1. The molecule has 5 nitrogen and oxygen atoms in total. The number of aryl methyl sites for hydroxylation is 3. The zero-order valence-corrected chi connectivity index (χ0v) is 18.0. The summed E-state index contributed by atoms with van der Waals surface area (Å²) in [5.74, 6) is -1.55. The minimum atomic E-state index is -0.700. The van der Waals surface area contributed by atoms with Gasteiger partial charge in [-0.15, -0.1) is 0 Å². The van der Waals surface area contributed by atoms with Crippen molar-refractivity contribution in [1.82, 2.24) is 10.3 Å². The highest BCUT2D eigenvalue weighted by Gasteiger charge is 2.42. The number of pyridine rings is 1. The summed E-state index contributed by atoms with van der Waals surface area (Å²) in [6.45, 7) is 6.15. The molecule has 2 atom stereocenters. The molecule has 1 amide bonds. The second-order valence-corrected chi connectivity index (χ2v) is 8.34. The maximum absolute atomic E-state index is 13.0. The molecule has 1 aliphatic carbocycles. The van der Waals surface area contributed by atoms with E-state index in [0.29, 0.717) is 12.0 Å².